The number of benzene rings is 2. The number of ether oxygens (including phenoxy) is 2. The van der Waals surface area contributed by atoms with Gasteiger partial charge >= 0.3 is 0 Å². The summed E-state index contributed by atoms with van der Waals surface area (Å²) in [6.07, 6.45) is 0. The maximum atomic E-state index is 13.7. The van der Waals surface area contributed by atoms with Gasteiger partial charge < -0.3 is 23.7 Å². The van der Waals surface area contributed by atoms with E-state index in [1.165, 1.54) is 0 Å². The first kappa shape index (κ1) is 26.8. The highest BCUT2D eigenvalue weighted by molar-refractivity contribution is 6.74. The summed E-state index contributed by atoms with van der Waals surface area (Å²) in [6.45, 7) is 11.7. The molecule has 1 saturated heterocycles. The van der Waals surface area contributed by atoms with Crippen LogP contribution in [0.1, 0.15) is 31.9 Å². The Morgan fingerprint density at radius 2 is 1.34 bits per heavy atom. The van der Waals surface area contributed by atoms with Gasteiger partial charge in [-0.05, 0) is 53.5 Å². The molecule has 35 heavy (non-hydrogen) atoms. The van der Waals surface area contributed by atoms with Crippen molar-refractivity contribution < 1.29 is 23.5 Å². The SMILES string of the molecule is COc1ccc(CN2CC(=O)N(Cc3ccc(OC)cc3)[C@@H](CO[Si](C)(C)C(C)(C)C)C2=O)cc1. The Hall–Kier alpha value is -2.84. The van der Waals surface area contributed by atoms with E-state index in [9.17, 15) is 9.59 Å². The zero-order valence-corrected chi connectivity index (χ0v) is 23.0. The lowest BCUT2D eigenvalue weighted by atomic mass is 10.1. The molecular formula is C27H38N2O5Si. The fourth-order valence-electron chi connectivity index (χ4n) is 3.73. The summed E-state index contributed by atoms with van der Waals surface area (Å²) in [5.41, 5.74) is 1.88. The molecule has 1 fully saturated rings. The van der Waals surface area contributed by atoms with Crippen molar-refractivity contribution in [2.24, 2.45) is 0 Å². The third-order valence-electron chi connectivity index (χ3n) is 7.07. The van der Waals surface area contributed by atoms with Crippen LogP contribution in [-0.2, 0) is 27.1 Å². The molecule has 0 bridgehead atoms. The Bertz CT molecular complexity index is 1020. The van der Waals surface area contributed by atoms with E-state index in [0.717, 1.165) is 22.6 Å². The Morgan fingerprint density at radius 3 is 1.80 bits per heavy atom. The first-order chi connectivity index (χ1) is 16.4. The normalized spacial score (nSPS) is 17.1. The topological polar surface area (TPSA) is 68.3 Å². The van der Waals surface area contributed by atoms with Gasteiger partial charge in [-0.2, -0.15) is 0 Å². The Balaban J connectivity index is 1.84. The number of amides is 2. The number of hydrogen-bond acceptors (Lipinski definition) is 5. The molecular weight excluding hydrogens is 460 g/mol. The molecule has 1 atom stereocenters. The first-order valence-electron chi connectivity index (χ1n) is 11.9. The summed E-state index contributed by atoms with van der Waals surface area (Å²) in [6, 6.07) is 14.5. The molecule has 0 aliphatic carbocycles. The maximum absolute atomic E-state index is 13.7. The lowest BCUT2D eigenvalue weighted by Crippen LogP contribution is -2.61. The summed E-state index contributed by atoms with van der Waals surface area (Å²) in [4.78, 5) is 30.3. The fraction of sp³-hybridized carbons (Fsp3) is 0.481. The van der Waals surface area contributed by atoms with Crippen molar-refractivity contribution in [2.75, 3.05) is 27.4 Å². The molecule has 0 unspecified atom stereocenters. The maximum Gasteiger partial charge on any atom is 0.248 e. The summed E-state index contributed by atoms with van der Waals surface area (Å²) < 4.78 is 16.9. The van der Waals surface area contributed by atoms with Gasteiger partial charge in [-0.15, -0.1) is 0 Å². The second kappa shape index (κ2) is 10.8. The molecule has 1 aliphatic heterocycles. The number of hydrogen-bond donors (Lipinski definition) is 0. The number of methoxy groups -OCH3 is 2. The van der Waals surface area contributed by atoms with Crippen molar-refractivity contribution in [2.45, 2.75) is 58.0 Å². The standard InChI is InChI=1S/C27H38N2O5Si/c1-27(2,3)35(6,7)34-19-24-26(31)28(16-20-8-12-22(32-4)13-9-20)18-25(30)29(24)17-21-10-14-23(33-5)15-11-21/h8-15,24H,16-19H2,1-7H3/t24-/m0/s1. The van der Waals surface area contributed by atoms with Crippen LogP contribution in [0.4, 0.5) is 0 Å². The minimum Gasteiger partial charge on any atom is -0.497 e. The summed E-state index contributed by atoms with van der Waals surface area (Å²) in [7, 11) is 1.12. The van der Waals surface area contributed by atoms with Crippen molar-refractivity contribution >= 4 is 20.1 Å². The molecule has 0 radical (unpaired) electrons. The molecule has 2 amide bonds. The highest BCUT2D eigenvalue weighted by atomic mass is 28.4. The molecule has 0 N–H and O–H groups in total. The van der Waals surface area contributed by atoms with Gasteiger partial charge in [-0.3, -0.25) is 9.59 Å². The van der Waals surface area contributed by atoms with E-state index in [2.05, 4.69) is 33.9 Å². The zero-order chi connectivity index (χ0) is 25.8. The van der Waals surface area contributed by atoms with Crippen molar-refractivity contribution in [3.05, 3.63) is 59.7 Å². The molecule has 2 aromatic rings. The molecule has 2 aromatic carbocycles. The van der Waals surface area contributed by atoms with Crippen LogP contribution in [0.15, 0.2) is 48.5 Å². The molecule has 0 aromatic heterocycles. The van der Waals surface area contributed by atoms with Gasteiger partial charge in [0.05, 0.1) is 20.8 Å². The van der Waals surface area contributed by atoms with E-state index in [0.29, 0.717) is 13.1 Å². The van der Waals surface area contributed by atoms with Gasteiger partial charge in [0.15, 0.2) is 8.32 Å². The molecule has 1 aliphatic rings. The zero-order valence-electron chi connectivity index (χ0n) is 22.0. The summed E-state index contributed by atoms with van der Waals surface area (Å²) in [5, 5.41) is -0.00167. The highest BCUT2D eigenvalue weighted by Gasteiger charge is 2.43. The van der Waals surface area contributed by atoms with Crippen LogP contribution < -0.4 is 9.47 Å². The average molecular weight is 499 g/mol. The third kappa shape index (κ3) is 6.44. The average Bonchev–Trinajstić information content (AvgIpc) is 2.82. The molecule has 1 heterocycles. The van der Waals surface area contributed by atoms with E-state index in [-0.39, 0.29) is 30.0 Å². The lowest BCUT2D eigenvalue weighted by Gasteiger charge is -2.43. The van der Waals surface area contributed by atoms with Crippen LogP contribution in [0.2, 0.25) is 18.1 Å². The first-order valence-corrected chi connectivity index (χ1v) is 14.8. The van der Waals surface area contributed by atoms with Gasteiger partial charge in [0.25, 0.3) is 0 Å². The van der Waals surface area contributed by atoms with E-state index in [4.69, 9.17) is 13.9 Å². The number of carbonyl (C=O) groups is 2. The van der Waals surface area contributed by atoms with Crippen molar-refractivity contribution in [1.29, 1.82) is 0 Å². The van der Waals surface area contributed by atoms with E-state index < -0.39 is 14.4 Å². The second-order valence-electron chi connectivity index (χ2n) is 10.5. The quantitative estimate of drug-likeness (QED) is 0.478. The minimum absolute atomic E-state index is 0.00167. The van der Waals surface area contributed by atoms with Crippen LogP contribution in [0.5, 0.6) is 11.5 Å². The number of nitrogens with zero attached hydrogens (tertiary/aromatic N) is 2. The van der Waals surface area contributed by atoms with E-state index in [1.54, 1.807) is 24.0 Å². The molecule has 3 rings (SSSR count). The Kier molecular flexibility index (Phi) is 8.28. The van der Waals surface area contributed by atoms with Crippen LogP contribution in [0.3, 0.4) is 0 Å². The van der Waals surface area contributed by atoms with Crippen molar-refractivity contribution in [3.8, 4) is 11.5 Å². The Labute approximate surface area is 210 Å². The number of carbonyl (C=O) groups excluding carboxylic acids is 2. The minimum atomic E-state index is -2.12. The van der Waals surface area contributed by atoms with Crippen LogP contribution >= 0.6 is 0 Å². The second-order valence-corrected chi connectivity index (χ2v) is 15.3. The summed E-state index contributed by atoms with van der Waals surface area (Å²) in [5.74, 6) is 1.32. The van der Waals surface area contributed by atoms with Crippen LogP contribution in [-0.4, -0.2) is 63.3 Å². The summed E-state index contributed by atoms with van der Waals surface area (Å²) >= 11 is 0. The van der Waals surface area contributed by atoms with Gasteiger partial charge in [0.2, 0.25) is 11.8 Å². The third-order valence-corrected chi connectivity index (χ3v) is 11.6. The molecule has 7 nitrogen and oxygen atoms in total. The largest absolute Gasteiger partial charge is 0.497 e. The molecule has 8 heteroatoms. The lowest BCUT2D eigenvalue weighted by molar-refractivity contribution is -0.158. The van der Waals surface area contributed by atoms with Crippen LogP contribution in [0.25, 0.3) is 0 Å². The van der Waals surface area contributed by atoms with Gasteiger partial charge in [0.1, 0.15) is 24.1 Å². The highest BCUT2D eigenvalue weighted by Crippen LogP contribution is 2.37. The van der Waals surface area contributed by atoms with E-state index in [1.807, 2.05) is 48.5 Å². The van der Waals surface area contributed by atoms with Gasteiger partial charge in [-0.1, -0.05) is 45.0 Å². The predicted molar refractivity (Wildman–Crippen MR) is 139 cm³/mol. The van der Waals surface area contributed by atoms with Crippen molar-refractivity contribution in [3.63, 3.8) is 0 Å². The fourth-order valence-corrected chi connectivity index (χ4v) is 4.73. The van der Waals surface area contributed by atoms with Crippen molar-refractivity contribution in [1.82, 2.24) is 9.80 Å². The smallest absolute Gasteiger partial charge is 0.248 e. The number of piperazine rings is 1. The Morgan fingerprint density at radius 1 is 0.857 bits per heavy atom. The molecule has 0 spiro atoms. The van der Waals surface area contributed by atoms with Crippen LogP contribution in [0, 0.1) is 0 Å². The van der Waals surface area contributed by atoms with E-state index >= 15 is 0 Å². The molecule has 0 saturated carbocycles. The van der Waals surface area contributed by atoms with Gasteiger partial charge in [-0.25, -0.2) is 0 Å². The predicted octanol–water partition coefficient (Wildman–Crippen LogP) is 4.47. The molecule has 190 valence electrons. The number of rotatable bonds is 9. The van der Waals surface area contributed by atoms with Gasteiger partial charge in [0, 0.05) is 13.1 Å². The monoisotopic (exact) mass is 498 g/mol.